The van der Waals surface area contributed by atoms with Crippen LogP contribution in [0.2, 0.25) is 0 Å². The molecule has 0 spiro atoms. The molecule has 146 valence electrons. The first kappa shape index (κ1) is 22.3. The van der Waals surface area contributed by atoms with Crippen LogP contribution in [0.25, 0.3) is 0 Å². The number of hydrogen-bond donors (Lipinski definition) is 3. The molecule has 2 unspecified atom stereocenters. The van der Waals surface area contributed by atoms with Crippen LogP contribution in [0.5, 0.6) is 5.75 Å². The van der Waals surface area contributed by atoms with E-state index in [9.17, 15) is 9.59 Å². The van der Waals surface area contributed by atoms with E-state index in [1.165, 1.54) is 0 Å². The molecule has 1 aliphatic rings. The van der Waals surface area contributed by atoms with E-state index in [4.69, 9.17) is 10.5 Å². The topological polar surface area (TPSA) is 93.4 Å². The fourth-order valence-electron chi connectivity index (χ4n) is 2.88. The number of anilines is 1. The maximum absolute atomic E-state index is 12.1. The first-order valence-corrected chi connectivity index (χ1v) is 9.16. The second-order valence-electron chi connectivity index (χ2n) is 6.50. The van der Waals surface area contributed by atoms with Gasteiger partial charge < -0.3 is 21.1 Å². The van der Waals surface area contributed by atoms with E-state index in [0.717, 1.165) is 31.2 Å². The SMILES string of the molecule is CCC1Oc2cc(C(C)NC(=O)CCCCCCN)ccc2NC1=O.Cl. The minimum atomic E-state index is -0.457. The lowest BCUT2D eigenvalue weighted by molar-refractivity contribution is -0.123. The molecule has 0 aromatic heterocycles. The van der Waals surface area contributed by atoms with Crippen molar-refractivity contribution in [3.63, 3.8) is 0 Å². The highest BCUT2D eigenvalue weighted by Gasteiger charge is 2.26. The number of hydrogen-bond acceptors (Lipinski definition) is 4. The average molecular weight is 384 g/mol. The van der Waals surface area contributed by atoms with Crippen molar-refractivity contribution in [2.24, 2.45) is 5.73 Å². The maximum atomic E-state index is 12.1. The zero-order valence-electron chi connectivity index (χ0n) is 15.5. The summed E-state index contributed by atoms with van der Waals surface area (Å²) in [7, 11) is 0. The molecule has 0 aliphatic carbocycles. The number of rotatable bonds is 9. The molecule has 0 fully saturated rings. The molecule has 26 heavy (non-hydrogen) atoms. The highest BCUT2D eigenvalue weighted by Crippen LogP contribution is 2.33. The van der Waals surface area contributed by atoms with E-state index in [1.807, 2.05) is 32.0 Å². The van der Waals surface area contributed by atoms with Crippen LogP contribution in [0.15, 0.2) is 18.2 Å². The Morgan fingerprint density at radius 2 is 2.04 bits per heavy atom. The average Bonchev–Trinajstić information content (AvgIpc) is 2.60. The summed E-state index contributed by atoms with van der Waals surface area (Å²) in [5.41, 5.74) is 7.10. The molecule has 2 amide bonds. The molecule has 1 aliphatic heterocycles. The number of benzene rings is 1. The third kappa shape index (κ3) is 6.18. The monoisotopic (exact) mass is 383 g/mol. The number of nitrogens with two attached hydrogens (primary N) is 1. The van der Waals surface area contributed by atoms with Crippen molar-refractivity contribution in [2.75, 3.05) is 11.9 Å². The lowest BCUT2D eigenvalue weighted by Crippen LogP contribution is -2.36. The Bertz CT molecular complexity index is 610. The summed E-state index contributed by atoms with van der Waals surface area (Å²) in [6, 6.07) is 5.51. The molecule has 4 N–H and O–H groups in total. The van der Waals surface area contributed by atoms with Crippen molar-refractivity contribution in [1.29, 1.82) is 0 Å². The number of halogens is 1. The van der Waals surface area contributed by atoms with E-state index >= 15 is 0 Å². The molecule has 6 nitrogen and oxygen atoms in total. The van der Waals surface area contributed by atoms with Gasteiger partial charge in [-0.25, -0.2) is 0 Å². The van der Waals surface area contributed by atoms with Gasteiger partial charge in [0.25, 0.3) is 5.91 Å². The van der Waals surface area contributed by atoms with Crippen molar-refractivity contribution in [2.45, 2.75) is 64.5 Å². The maximum Gasteiger partial charge on any atom is 0.265 e. The van der Waals surface area contributed by atoms with Gasteiger partial charge in [-0.1, -0.05) is 25.8 Å². The van der Waals surface area contributed by atoms with Crippen LogP contribution in [0, 0.1) is 0 Å². The van der Waals surface area contributed by atoms with Crippen LogP contribution < -0.4 is 21.1 Å². The predicted molar refractivity (Wildman–Crippen MR) is 106 cm³/mol. The van der Waals surface area contributed by atoms with Crippen LogP contribution in [0.3, 0.4) is 0 Å². The Labute approximate surface area is 161 Å². The predicted octanol–water partition coefficient (Wildman–Crippen LogP) is 3.30. The van der Waals surface area contributed by atoms with Gasteiger partial charge in [0, 0.05) is 6.42 Å². The molecule has 0 saturated heterocycles. The fraction of sp³-hybridized carbons (Fsp3) is 0.579. The third-order valence-electron chi connectivity index (χ3n) is 4.43. The second kappa shape index (κ2) is 11.0. The lowest BCUT2D eigenvalue weighted by Gasteiger charge is -2.26. The van der Waals surface area contributed by atoms with E-state index in [2.05, 4.69) is 10.6 Å². The van der Waals surface area contributed by atoms with Gasteiger partial charge in [-0.15, -0.1) is 12.4 Å². The molecule has 1 aromatic rings. The highest BCUT2D eigenvalue weighted by molar-refractivity contribution is 5.97. The van der Waals surface area contributed by atoms with Crippen LogP contribution in [0.1, 0.15) is 64.0 Å². The first-order chi connectivity index (χ1) is 12.0. The molecule has 1 heterocycles. The second-order valence-corrected chi connectivity index (χ2v) is 6.50. The van der Waals surface area contributed by atoms with E-state index in [1.54, 1.807) is 0 Å². The van der Waals surface area contributed by atoms with Gasteiger partial charge in [0.1, 0.15) is 5.75 Å². The highest BCUT2D eigenvalue weighted by atomic mass is 35.5. The normalized spacial score (nSPS) is 16.6. The summed E-state index contributed by atoms with van der Waals surface area (Å²) in [6.45, 7) is 4.57. The Morgan fingerprint density at radius 3 is 2.73 bits per heavy atom. The number of unbranched alkanes of at least 4 members (excludes halogenated alkanes) is 3. The number of amides is 2. The number of nitrogens with one attached hydrogen (secondary N) is 2. The number of carbonyl (C=O) groups excluding carboxylic acids is 2. The van der Waals surface area contributed by atoms with Crippen molar-refractivity contribution < 1.29 is 14.3 Å². The minimum absolute atomic E-state index is 0. The standard InChI is InChI=1S/C19H29N3O3.ClH/c1-3-16-19(24)22-15-10-9-14(12-17(15)25-16)13(2)21-18(23)8-6-4-5-7-11-20;/h9-10,12-13,16H,3-8,11,20H2,1-2H3,(H,21,23)(H,22,24);1H. The number of carbonyl (C=O) groups is 2. The van der Waals surface area contributed by atoms with Crippen molar-refractivity contribution in [3.8, 4) is 5.75 Å². The largest absolute Gasteiger partial charge is 0.478 e. The number of fused-ring (bicyclic) bond motifs is 1. The summed E-state index contributed by atoms with van der Waals surface area (Å²) in [4.78, 5) is 23.9. The van der Waals surface area contributed by atoms with Crippen LogP contribution >= 0.6 is 12.4 Å². The van der Waals surface area contributed by atoms with Gasteiger partial charge in [0.15, 0.2) is 6.10 Å². The van der Waals surface area contributed by atoms with Gasteiger partial charge in [0.05, 0.1) is 11.7 Å². The Kier molecular flexibility index (Phi) is 9.44. The molecule has 2 rings (SSSR count). The van der Waals surface area contributed by atoms with Gasteiger partial charge in [-0.05, 0) is 50.4 Å². The molecular formula is C19H30ClN3O3. The summed E-state index contributed by atoms with van der Waals surface area (Å²) >= 11 is 0. The van der Waals surface area contributed by atoms with Gasteiger partial charge in [-0.2, -0.15) is 0 Å². The molecule has 7 heteroatoms. The summed E-state index contributed by atoms with van der Waals surface area (Å²) in [5.74, 6) is 0.601. The Hall–Kier alpha value is -1.79. The quantitative estimate of drug-likeness (QED) is 0.570. The van der Waals surface area contributed by atoms with Gasteiger partial charge in [0.2, 0.25) is 5.91 Å². The lowest BCUT2D eigenvalue weighted by atomic mass is 10.1. The van der Waals surface area contributed by atoms with E-state index in [-0.39, 0.29) is 30.3 Å². The zero-order valence-corrected chi connectivity index (χ0v) is 16.4. The first-order valence-electron chi connectivity index (χ1n) is 9.16. The number of ether oxygens (including phenoxy) is 1. The third-order valence-corrected chi connectivity index (χ3v) is 4.43. The molecular weight excluding hydrogens is 354 g/mol. The Balaban J connectivity index is 0.00000338. The van der Waals surface area contributed by atoms with Gasteiger partial charge >= 0.3 is 0 Å². The smallest absolute Gasteiger partial charge is 0.265 e. The summed E-state index contributed by atoms with van der Waals surface area (Å²) < 4.78 is 5.76. The molecule has 2 atom stereocenters. The molecule has 0 saturated carbocycles. The zero-order chi connectivity index (χ0) is 18.2. The van der Waals surface area contributed by atoms with Crippen LogP contribution in [-0.2, 0) is 9.59 Å². The molecule has 0 radical (unpaired) electrons. The minimum Gasteiger partial charge on any atom is -0.478 e. The Morgan fingerprint density at radius 1 is 1.31 bits per heavy atom. The summed E-state index contributed by atoms with van der Waals surface area (Å²) in [6.07, 6.45) is 4.70. The molecule has 1 aromatic carbocycles. The van der Waals surface area contributed by atoms with E-state index < -0.39 is 6.10 Å². The van der Waals surface area contributed by atoms with Crippen molar-refractivity contribution >= 4 is 29.9 Å². The van der Waals surface area contributed by atoms with Crippen molar-refractivity contribution in [1.82, 2.24) is 5.32 Å². The van der Waals surface area contributed by atoms with Gasteiger partial charge in [-0.3, -0.25) is 9.59 Å². The summed E-state index contributed by atoms with van der Waals surface area (Å²) in [5, 5.41) is 5.87. The van der Waals surface area contributed by atoms with E-state index in [0.29, 0.717) is 30.8 Å². The van der Waals surface area contributed by atoms with Crippen LogP contribution in [-0.4, -0.2) is 24.5 Å². The van der Waals surface area contributed by atoms with Crippen molar-refractivity contribution in [3.05, 3.63) is 23.8 Å². The fourth-order valence-corrected chi connectivity index (χ4v) is 2.88. The van der Waals surface area contributed by atoms with Crippen LogP contribution in [0.4, 0.5) is 5.69 Å². The molecule has 0 bridgehead atoms.